The van der Waals surface area contributed by atoms with Gasteiger partial charge in [-0.3, -0.25) is 4.79 Å². The van der Waals surface area contributed by atoms with E-state index in [-0.39, 0.29) is 5.91 Å². The Kier molecular flexibility index (Phi) is 5.79. The Hall–Kier alpha value is -0.910. The van der Waals surface area contributed by atoms with Crippen LogP contribution in [-0.2, 0) is 0 Å². The van der Waals surface area contributed by atoms with Crippen LogP contribution in [0.4, 0.5) is 0 Å². The van der Waals surface area contributed by atoms with Gasteiger partial charge in [0.1, 0.15) is 0 Å². The number of nitrogens with one attached hydrogen (secondary N) is 1. The molecule has 0 aliphatic carbocycles. The van der Waals surface area contributed by atoms with E-state index in [4.69, 9.17) is 0 Å². The van der Waals surface area contributed by atoms with Crippen LogP contribution in [0.15, 0.2) is 6.07 Å². The second-order valence-corrected chi connectivity index (χ2v) is 7.71. The van der Waals surface area contributed by atoms with Gasteiger partial charge in [0.15, 0.2) is 0 Å². The fraction of sp³-hybridized carbons (Fsp3) is 0.688. The molecule has 0 bridgehead atoms. The lowest BCUT2D eigenvalue weighted by atomic mass is 10.1. The third-order valence-electron chi connectivity index (χ3n) is 4.06. The van der Waals surface area contributed by atoms with Gasteiger partial charge in [-0.15, -0.1) is 11.3 Å². The summed E-state index contributed by atoms with van der Waals surface area (Å²) in [5.74, 6) is 0.555. The van der Waals surface area contributed by atoms with Crippen LogP contribution in [-0.4, -0.2) is 62.0 Å². The molecule has 1 atom stereocenters. The number of piperazine rings is 1. The van der Waals surface area contributed by atoms with Crippen molar-refractivity contribution in [2.24, 2.45) is 5.92 Å². The fourth-order valence-corrected chi connectivity index (χ4v) is 3.68. The molecule has 0 aromatic carbocycles. The Morgan fingerprint density at radius 2 is 2.00 bits per heavy atom. The largest absolute Gasteiger partial charge is 0.352 e. The highest BCUT2D eigenvalue weighted by molar-refractivity contribution is 7.12. The van der Waals surface area contributed by atoms with Crippen LogP contribution >= 0.6 is 11.3 Å². The maximum atomic E-state index is 12.2. The molecule has 0 spiro atoms. The molecule has 2 heterocycles. The number of rotatable bonds is 5. The maximum absolute atomic E-state index is 12.2. The first-order chi connectivity index (χ1) is 9.95. The summed E-state index contributed by atoms with van der Waals surface area (Å²) in [5, 5.41) is 3.08. The van der Waals surface area contributed by atoms with Crippen molar-refractivity contribution in [3.63, 3.8) is 0 Å². The molecule has 1 amide bonds. The van der Waals surface area contributed by atoms with E-state index in [0.29, 0.717) is 5.92 Å². The molecule has 1 aliphatic rings. The predicted octanol–water partition coefficient (Wildman–Crippen LogP) is 1.98. The summed E-state index contributed by atoms with van der Waals surface area (Å²) in [7, 11) is 2.17. The fourth-order valence-electron chi connectivity index (χ4n) is 2.75. The zero-order valence-electron chi connectivity index (χ0n) is 13.6. The van der Waals surface area contributed by atoms with Crippen molar-refractivity contribution in [1.29, 1.82) is 0 Å². The highest BCUT2D eigenvalue weighted by atomic mass is 32.1. The summed E-state index contributed by atoms with van der Waals surface area (Å²) >= 11 is 1.69. The summed E-state index contributed by atoms with van der Waals surface area (Å²) in [6, 6.07) is 1.99. The lowest BCUT2D eigenvalue weighted by Gasteiger charge is -2.33. The second-order valence-electron chi connectivity index (χ2n) is 6.25. The van der Waals surface area contributed by atoms with Crippen molar-refractivity contribution in [2.75, 3.05) is 46.3 Å². The average molecular weight is 309 g/mol. The van der Waals surface area contributed by atoms with E-state index in [1.165, 1.54) is 4.88 Å². The van der Waals surface area contributed by atoms with Crippen LogP contribution < -0.4 is 5.32 Å². The molecule has 2 rings (SSSR count). The molecule has 4 nitrogen and oxygen atoms in total. The molecule has 0 unspecified atom stereocenters. The van der Waals surface area contributed by atoms with Crippen molar-refractivity contribution >= 4 is 17.2 Å². The standard InChI is InChI=1S/C16H27N3OS/c1-12(11-19-7-5-18(4)6-8-19)10-17-16(20)15-9-13(2)21-14(15)3/h9,12H,5-8,10-11H2,1-4H3,(H,17,20)/t12-/m0/s1. The number of hydrogen-bond acceptors (Lipinski definition) is 4. The van der Waals surface area contributed by atoms with E-state index in [0.717, 1.165) is 49.7 Å². The van der Waals surface area contributed by atoms with Gasteiger partial charge in [-0.1, -0.05) is 6.92 Å². The first-order valence-corrected chi connectivity index (χ1v) is 8.53. The van der Waals surface area contributed by atoms with Crippen molar-refractivity contribution < 1.29 is 4.79 Å². The Labute approximate surface area is 132 Å². The Balaban J connectivity index is 1.74. The molecular formula is C16H27N3OS. The lowest BCUT2D eigenvalue weighted by molar-refractivity contribution is 0.0937. The number of thiophene rings is 1. The highest BCUT2D eigenvalue weighted by Crippen LogP contribution is 2.20. The Bertz CT molecular complexity index is 478. The van der Waals surface area contributed by atoms with Crippen molar-refractivity contribution in [3.8, 4) is 0 Å². The Morgan fingerprint density at radius 1 is 1.33 bits per heavy atom. The molecule has 1 N–H and O–H groups in total. The van der Waals surface area contributed by atoms with E-state index in [1.54, 1.807) is 11.3 Å². The quantitative estimate of drug-likeness (QED) is 0.903. The van der Waals surface area contributed by atoms with Gasteiger partial charge in [0, 0.05) is 49.0 Å². The molecule has 118 valence electrons. The van der Waals surface area contributed by atoms with Gasteiger partial charge in [0.25, 0.3) is 5.91 Å². The van der Waals surface area contributed by atoms with Crippen LogP contribution in [0.3, 0.4) is 0 Å². The van der Waals surface area contributed by atoms with Crippen LogP contribution in [0, 0.1) is 19.8 Å². The predicted molar refractivity (Wildman–Crippen MR) is 89.2 cm³/mol. The summed E-state index contributed by atoms with van der Waals surface area (Å²) in [6.45, 7) is 12.7. The molecule has 1 fully saturated rings. The molecule has 1 aliphatic heterocycles. The molecule has 0 radical (unpaired) electrons. The minimum absolute atomic E-state index is 0.0714. The average Bonchev–Trinajstić information content (AvgIpc) is 2.78. The van der Waals surface area contributed by atoms with Crippen molar-refractivity contribution in [2.45, 2.75) is 20.8 Å². The molecule has 1 saturated heterocycles. The van der Waals surface area contributed by atoms with Gasteiger partial charge in [0.05, 0.1) is 5.56 Å². The number of aryl methyl sites for hydroxylation is 2. The number of hydrogen-bond donors (Lipinski definition) is 1. The topological polar surface area (TPSA) is 35.6 Å². The lowest BCUT2D eigenvalue weighted by Crippen LogP contribution is -2.46. The normalized spacial score (nSPS) is 18.7. The third kappa shape index (κ3) is 4.80. The second kappa shape index (κ2) is 7.38. The maximum Gasteiger partial charge on any atom is 0.252 e. The number of carbonyl (C=O) groups is 1. The minimum atomic E-state index is 0.0714. The molecule has 5 heteroatoms. The van der Waals surface area contributed by atoms with E-state index >= 15 is 0 Å². The first kappa shape index (κ1) is 16.5. The summed E-state index contributed by atoms with van der Waals surface area (Å²) in [6.07, 6.45) is 0. The summed E-state index contributed by atoms with van der Waals surface area (Å²) in [4.78, 5) is 19.4. The molecule has 1 aromatic heterocycles. The first-order valence-electron chi connectivity index (χ1n) is 7.72. The van der Waals surface area contributed by atoms with Crippen molar-refractivity contribution in [3.05, 3.63) is 21.4 Å². The molecule has 0 saturated carbocycles. The number of amides is 1. The van der Waals surface area contributed by atoms with Gasteiger partial charge >= 0.3 is 0 Å². The van der Waals surface area contributed by atoms with Crippen molar-refractivity contribution in [1.82, 2.24) is 15.1 Å². The van der Waals surface area contributed by atoms with E-state index in [2.05, 4.69) is 29.1 Å². The zero-order chi connectivity index (χ0) is 15.4. The monoisotopic (exact) mass is 309 g/mol. The highest BCUT2D eigenvalue weighted by Gasteiger charge is 2.17. The minimum Gasteiger partial charge on any atom is -0.352 e. The van der Waals surface area contributed by atoms with Gasteiger partial charge in [-0.05, 0) is 32.9 Å². The molecular weight excluding hydrogens is 282 g/mol. The Morgan fingerprint density at radius 3 is 2.57 bits per heavy atom. The van der Waals surface area contributed by atoms with Gasteiger partial charge in [-0.2, -0.15) is 0 Å². The van der Waals surface area contributed by atoms with E-state index in [1.807, 2.05) is 19.9 Å². The van der Waals surface area contributed by atoms with Gasteiger partial charge in [-0.25, -0.2) is 0 Å². The zero-order valence-corrected chi connectivity index (χ0v) is 14.4. The van der Waals surface area contributed by atoms with E-state index < -0.39 is 0 Å². The SMILES string of the molecule is Cc1cc(C(=O)NC[C@H](C)CN2CCN(C)CC2)c(C)s1. The molecule has 21 heavy (non-hydrogen) atoms. The molecule has 1 aromatic rings. The van der Waals surface area contributed by atoms with Gasteiger partial charge < -0.3 is 15.1 Å². The smallest absolute Gasteiger partial charge is 0.252 e. The van der Waals surface area contributed by atoms with Gasteiger partial charge in [0.2, 0.25) is 0 Å². The number of likely N-dealkylation sites (N-methyl/N-ethyl adjacent to an activating group) is 1. The summed E-state index contributed by atoms with van der Waals surface area (Å²) in [5.41, 5.74) is 0.837. The van der Waals surface area contributed by atoms with Crippen LogP contribution in [0.2, 0.25) is 0 Å². The number of carbonyl (C=O) groups excluding carboxylic acids is 1. The van der Waals surface area contributed by atoms with Crippen LogP contribution in [0.1, 0.15) is 27.0 Å². The van der Waals surface area contributed by atoms with Crippen LogP contribution in [0.5, 0.6) is 0 Å². The van der Waals surface area contributed by atoms with E-state index in [9.17, 15) is 4.79 Å². The third-order valence-corrected chi connectivity index (χ3v) is 5.03. The number of nitrogens with zero attached hydrogens (tertiary/aromatic N) is 2. The van der Waals surface area contributed by atoms with Crippen LogP contribution in [0.25, 0.3) is 0 Å². The summed E-state index contributed by atoms with van der Waals surface area (Å²) < 4.78 is 0.